The number of nitrogens with one attached hydrogen (secondary N) is 2. The number of alkyl halides is 3. The van der Waals surface area contributed by atoms with Crippen molar-refractivity contribution in [2.45, 2.75) is 17.8 Å². The molecule has 0 unspecified atom stereocenters. The summed E-state index contributed by atoms with van der Waals surface area (Å²) >= 11 is 6.61. The minimum Gasteiger partial charge on any atom is -0.326 e. The molecular formula is C15H13ClF3N3O2S. The summed E-state index contributed by atoms with van der Waals surface area (Å²) in [5.74, 6) is -0.969. The fourth-order valence-corrected chi connectivity index (χ4v) is 3.17. The molecule has 1 saturated heterocycles. The largest absolute Gasteiger partial charge is 0.417 e. The predicted molar refractivity (Wildman–Crippen MR) is 91.7 cm³/mol. The number of rotatable bonds is 5. The standard InChI is InChI=1S/C15H13ClF3N3O2S/c1-2-5-20-14-22-13(24)11(25-14)7-12(23)21-8-3-4-10(16)9(6-8)15(17,18)19/h2-4,6,11H,1,5,7H2,(H,21,23)(H,20,22,24)/t11-/m0/s1. The Morgan fingerprint density at radius 3 is 2.84 bits per heavy atom. The van der Waals surface area contributed by atoms with E-state index in [-0.39, 0.29) is 18.0 Å². The number of anilines is 1. The molecule has 2 N–H and O–H groups in total. The molecule has 1 heterocycles. The van der Waals surface area contributed by atoms with Crippen LogP contribution in [-0.2, 0) is 15.8 Å². The number of carbonyl (C=O) groups is 2. The van der Waals surface area contributed by atoms with Gasteiger partial charge in [-0.3, -0.25) is 14.6 Å². The van der Waals surface area contributed by atoms with Crippen molar-refractivity contribution in [1.82, 2.24) is 5.32 Å². The molecule has 1 aromatic carbocycles. The Morgan fingerprint density at radius 1 is 1.48 bits per heavy atom. The second-order valence-electron chi connectivity index (χ2n) is 4.97. The minimum atomic E-state index is -4.63. The van der Waals surface area contributed by atoms with E-state index in [1.165, 1.54) is 6.07 Å². The van der Waals surface area contributed by atoms with Gasteiger partial charge in [0, 0.05) is 12.1 Å². The number of halogens is 4. The van der Waals surface area contributed by atoms with Crippen LogP contribution in [-0.4, -0.2) is 28.8 Å². The zero-order chi connectivity index (χ0) is 18.6. The lowest BCUT2D eigenvalue weighted by Crippen LogP contribution is -2.28. The summed E-state index contributed by atoms with van der Waals surface area (Å²) < 4.78 is 38.4. The van der Waals surface area contributed by atoms with Crippen LogP contribution in [0.4, 0.5) is 18.9 Å². The van der Waals surface area contributed by atoms with Crippen molar-refractivity contribution in [3.8, 4) is 0 Å². The summed E-state index contributed by atoms with van der Waals surface area (Å²) in [7, 11) is 0. The summed E-state index contributed by atoms with van der Waals surface area (Å²) in [5, 5.41) is 4.09. The van der Waals surface area contributed by atoms with E-state index in [0.717, 1.165) is 23.9 Å². The zero-order valence-electron chi connectivity index (χ0n) is 12.7. The van der Waals surface area contributed by atoms with Gasteiger partial charge >= 0.3 is 6.18 Å². The van der Waals surface area contributed by atoms with Gasteiger partial charge in [0.05, 0.1) is 17.1 Å². The van der Waals surface area contributed by atoms with Crippen molar-refractivity contribution in [3.05, 3.63) is 41.4 Å². The quantitative estimate of drug-likeness (QED) is 0.755. The van der Waals surface area contributed by atoms with Gasteiger partial charge in [-0.05, 0) is 18.2 Å². The maximum atomic E-state index is 12.8. The van der Waals surface area contributed by atoms with Crippen LogP contribution in [0.5, 0.6) is 0 Å². The second-order valence-corrected chi connectivity index (χ2v) is 6.57. The molecule has 0 saturated carbocycles. The number of benzene rings is 1. The third-order valence-corrected chi connectivity index (χ3v) is 4.52. The van der Waals surface area contributed by atoms with Gasteiger partial charge in [-0.25, -0.2) is 0 Å². The highest BCUT2D eigenvalue weighted by Gasteiger charge is 2.34. The molecule has 1 aliphatic rings. The topological polar surface area (TPSA) is 70.6 Å². The SMILES string of the molecule is C=CCN=C1NC(=O)[C@H](CC(=O)Nc2ccc(Cl)c(C(F)(F)F)c2)S1. The summed E-state index contributed by atoms with van der Waals surface area (Å²) in [6.07, 6.45) is -3.28. The lowest BCUT2D eigenvalue weighted by atomic mass is 10.2. The maximum Gasteiger partial charge on any atom is 0.417 e. The monoisotopic (exact) mass is 391 g/mol. The Balaban J connectivity index is 2.01. The first-order valence-electron chi connectivity index (χ1n) is 7.00. The zero-order valence-corrected chi connectivity index (χ0v) is 14.3. The molecule has 25 heavy (non-hydrogen) atoms. The van der Waals surface area contributed by atoms with Crippen LogP contribution in [0.3, 0.4) is 0 Å². The number of hydrogen-bond acceptors (Lipinski definition) is 4. The van der Waals surface area contributed by atoms with Crippen LogP contribution in [0.25, 0.3) is 0 Å². The van der Waals surface area contributed by atoms with Gasteiger partial charge in [0.25, 0.3) is 0 Å². The van der Waals surface area contributed by atoms with Crippen LogP contribution in [0, 0.1) is 0 Å². The van der Waals surface area contributed by atoms with E-state index >= 15 is 0 Å². The van der Waals surface area contributed by atoms with E-state index in [2.05, 4.69) is 22.2 Å². The minimum absolute atomic E-state index is 0.0503. The fraction of sp³-hybridized carbons (Fsp3) is 0.267. The van der Waals surface area contributed by atoms with Crippen molar-refractivity contribution < 1.29 is 22.8 Å². The number of aliphatic imine (C=N–C) groups is 1. The van der Waals surface area contributed by atoms with E-state index in [1.54, 1.807) is 6.08 Å². The summed E-state index contributed by atoms with van der Waals surface area (Å²) in [4.78, 5) is 27.8. The Morgan fingerprint density at radius 2 is 2.20 bits per heavy atom. The molecule has 5 nitrogen and oxygen atoms in total. The number of hydrogen-bond donors (Lipinski definition) is 2. The number of thioether (sulfide) groups is 1. The molecule has 0 aliphatic carbocycles. The highest BCUT2D eigenvalue weighted by atomic mass is 35.5. The van der Waals surface area contributed by atoms with Gasteiger partial charge in [0.15, 0.2) is 5.17 Å². The van der Waals surface area contributed by atoms with Crippen LogP contribution >= 0.6 is 23.4 Å². The van der Waals surface area contributed by atoms with E-state index in [9.17, 15) is 22.8 Å². The van der Waals surface area contributed by atoms with Crippen molar-refractivity contribution >= 4 is 46.0 Å². The normalized spacial score (nSPS) is 19.0. The third kappa shape index (κ3) is 5.23. The second kappa shape index (κ2) is 7.92. The van der Waals surface area contributed by atoms with Gasteiger partial charge in [-0.2, -0.15) is 13.2 Å². The Hall–Kier alpha value is -2.00. The van der Waals surface area contributed by atoms with E-state index in [4.69, 9.17) is 11.6 Å². The third-order valence-electron chi connectivity index (χ3n) is 3.07. The molecule has 0 bridgehead atoms. The molecule has 10 heteroatoms. The molecule has 0 spiro atoms. The van der Waals surface area contributed by atoms with Gasteiger partial charge in [-0.15, -0.1) is 6.58 Å². The Labute approximate surface area is 150 Å². The molecule has 0 aromatic heterocycles. The van der Waals surface area contributed by atoms with E-state index in [1.807, 2.05) is 0 Å². The summed E-state index contributed by atoms with van der Waals surface area (Å²) in [6, 6.07) is 3.06. The molecule has 2 amide bonds. The molecule has 1 atom stereocenters. The number of carbonyl (C=O) groups excluding carboxylic acids is 2. The van der Waals surface area contributed by atoms with Crippen LogP contribution < -0.4 is 10.6 Å². The average Bonchev–Trinajstić information content (AvgIpc) is 2.86. The van der Waals surface area contributed by atoms with Gasteiger partial charge in [0.1, 0.15) is 5.25 Å². The molecule has 134 valence electrons. The van der Waals surface area contributed by atoms with Crippen molar-refractivity contribution in [3.63, 3.8) is 0 Å². The number of amidine groups is 1. The Kier molecular flexibility index (Phi) is 6.12. The predicted octanol–water partition coefficient (Wildman–Crippen LogP) is 3.46. The summed E-state index contributed by atoms with van der Waals surface area (Å²) in [6.45, 7) is 3.83. The van der Waals surface area contributed by atoms with E-state index in [0.29, 0.717) is 11.7 Å². The van der Waals surface area contributed by atoms with Crippen molar-refractivity contribution in [2.75, 3.05) is 11.9 Å². The van der Waals surface area contributed by atoms with Gasteiger partial charge in [0.2, 0.25) is 11.8 Å². The van der Waals surface area contributed by atoms with Crippen LogP contribution in [0.15, 0.2) is 35.8 Å². The molecule has 1 aromatic rings. The Bertz CT molecular complexity index is 737. The van der Waals surface area contributed by atoms with Gasteiger partial charge < -0.3 is 10.6 Å². The first-order chi connectivity index (χ1) is 11.7. The molecule has 1 fully saturated rings. The average molecular weight is 392 g/mol. The lowest BCUT2D eigenvalue weighted by Gasteiger charge is -2.12. The molecule has 0 radical (unpaired) electrons. The highest BCUT2D eigenvalue weighted by Crippen LogP contribution is 2.36. The number of nitrogens with zero attached hydrogens (tertiary/aromatic N) is 1. The van der Waals surface area contributed by atoms with Crippen LogP contribution in [0.2, 0.25) is 5.02 Å². The van der Waals surface area contributed by atoms with Crippen molar-refractivity contribution in [2.24, 2.45) is 4.99 Å². The maximum absolute atomic E-state index is 12.8. The molecule has 1 aliphatic heterocycles. The number of amides is 2. The first-order valence-corrected chi connectivity index (χ1v) is 8.26. The highest BCUT2D eigenvalue weighted by molar-refractivity contribution is 8.15. The van der Waals surface area contributed by atoms with Gasteiger partial charge in [-0.1, -0.05) is 29.4 Å². The molecule has 2 rings (SSSR count). The van der Waals surface area contributed by atoms with Crippen LogP contribution in [0.1, 0.15) is 12.0 Å². The fourth-order valence-electron chi connectivity index (χ4n) is 1.96. The summed E-state index contributed by atoms with van der Waals surface area (Å²) in [5.41, 5.74) is -1.09. The smallest absolute Gasteiger partial charge is 0.326 e. The van der Waals surface area contributed by atoms with E-state index < -0.39 is 27.9 Å². The first kappa shape index (κ1) is 19.3. The lowest BCUT2D eigenvalue weighted by molar-refractivity contribution is -0.137. The molecular weight excluding hydrogens is 379 g/mol. The van der Waals surface area contributed by atoms with Crippen molar-refractivity contribution in [1.29, 1.82) is 0 Å².